The van der Waals surface area contributed by atoms with Gasteiger partial charge in [-0.1, -0.05) is 6.07 Å². The second-order valence-corrected chi connectivity index (χ2v) is 11.4. The maximum Gasteiger partial charge on any atom is 0.224 e. The molecule has 2 aromatic rings. The molecule has 6 heteroatoms. The number of unbranched alkanes of at least 4 members (excludes halogenated alkanes) is 2. The van der Waals surface area contributed by atoms with E-state index in [-0.39, 0.29) is 17.9 Å². The highest BCUT2D eigenvalue weighted by atomic mass is 16.2. The van der Waals surface area contributed by atoms with Crippen LogP contribution in [-0.2, 0) is 4.79 Å². The lowest BCUT2D eigenvalue weighted by atomic mass is 9.49. The van der Waals surface area contributed by atoms with Crippen LogP contribution in [0.4, 0.5) is 11.5 Å². The van der Waals surface area contributed by atoms with E-state index in [1.807, 2.05) is 24.3 Å². The van der Waals surface area contributed by atoms with Crippen molar-refractivity contribution < 1.29 is 9.90 Å². The number of hydrogen-bond donors (Lipinski definition) is 4. The number of anilines is 2. The molecular weight excluding hydrogens is 436 g/mol. The molecule has 4 bridgehead atoms. The average molecular weight is 478 g/mol. The van der Waals surface area contributed by atoms with Gasteiger partial charge in [0.1, 0.15) is 5.82 Å². The van der Waals surface area contributed by atoms with Crippen LogP contribution in [0.5, 0.6) is 0 Å². The van der Waals surface area contributed by atoms with E-state index in [1.165, 1.54) is 38.5 Å². The lowest BCUT2D eigenvalue weighted by Gasteiger charge is -2.56. The Bertz CT molecular complexity index is 972. The Labute approximate surface area is 209 Å². The van der Waals surface area contributed by atoms with Crippen LogP contribution in [-0.4, -0.2) is 35.7 Å². The molecule has 0 aliphatic heterocycles. The van der Waals surface area contributed by atoms with Gasteiger partial charge in [0.2, 0.25) is 5.91 Å². The molecule has 1 heterocycles. The van der Waals surface area contributed by atoms with Crippen molar-refractivity contribution in [3.63, 3.8) is 0 Å². The summed E-state index contributed by atoms with van der Waals surface area (Å²) in [6, 6.07) is 10.1. The lowest BCUT2D eigenvalue weighted by Crippen LogP contribution is -2.47. The first-order valence-corrected chi connectivity index (χ1v) is 13.7. The van der Waals surface area contributed by atoms with Gasteiger partial charge < -0.3 is 21.1 Å². The number of aromatic nitrogens is 1. The van der Waals surface area contributed by atoms with Crippen LogP contribution < -0.4 is 16.0 Å². The van der Waals surface area contributed by atoms with Crippen LogP contribution in [0.3, 0.4) is 0 Å². The average Bonchev–Trinajstić information content (AvgIpc) is 2.82. The highest BCUT2D eigenvalue weighted by molar-refractivity contribution is 6.01. The van der Waals surface area contributed by atoms with Crippen LogP contribution >= 0.6 is 0 Å². The molecule has 0 atom stereocenters. The molecule has 4 N–H and O–H groups in total. The Morgan fingerprint density at radius 2 is 1.77 bits per heavy atom. The van der Waals surface area contributed by atoms with Crippen LogP contribution in [0.2, 0.25) is 0 Å². The molecule has 4 aliphatic carbocycles. The number of nitrogens with zero attached hydrogens (tertiary/aromatic N) is 1. The number of carbonyl (C=O) groups is 1. The maximum absolute atomic E-state index is 13.1. The molecule has 6 rings (SSSR count). The van der Waals surface area contributed by atoms with Gasteiger partial charge in [0.25, 0.3) is 0 Å². The second-order valence-electron chi connectivity index (χ2n) is 11.4. The van der Waals surface area contributed by atoms with Gasteiger partial charge in [0.15, 0.2) is 0 Å². The number of fused-ring (bicyclic) bond motifs is 1. The van der Waals surface area contributed by atoms with Crippen molar-refractivity contribution >= 4 is 28.3 Å². The van der Waals surface area contributed by atoms with Gasteiger partial charge in [-0.25, -0.2) is 4.98 Å². The zero-order valence-electron chi connectivity index (χ0n) is 20.9. The molecule has 6 nitrogen and oxygen atoms in total. The Morgan fingerprint density at radius 3 is 2.51 bits per heavy atom. The van der Waals surface area contributed by atoms with Crippen molar-refractivity contribution in [2.45, 2.75) is 70.6 Å². The predicted molar refractivity (Wildman–Crippen MR) is 142 cm³/mol. The first-order valence-electron chi connectivity index (χ1n) is 13.7. The summed E-state index contributed by atoms with van der Waals surface area (Å²) in [5.74, 6) is 3.64. The van der Waals surface area contributed by atoms with E-state index < -0.39 is 0 Å². The molecule has 4 fully saturated rings. The molecule has 4 saturated carbocycles. The van der Waals surface area contributed by atoms with Gasteiger partial charge in [0, 0.05) is 31.5 Å². The molecule has 0 unspecified atom stereocenters. The molecule has 4 aliphatic rings. The standard InChI is InChI=1S/C29H41N4O2/c34-13-3-1-2-10-30-11-5-12-31-27-9-8-24-25(32-27)6-4-7-26(24)33-28(35)20-29-17-21-14-22(18-29)16-23(15-21)19-29/h4,6-10,21-23,30,34H,1-3,5,11-20H2,(H,31,32)(H,33,35). The third kappa shape index (κ3) is 6.15. The van der Waals surface area contributed by atoms with E-state index in [0.717, 1.165) is 78.9 Å². The fourth-order valence-corrected chi connectivity index (χ4v) is 7.37. The Hall–Kier alpha value is -2.18. The number of carbonyl (C=O) groups excluding carboxylic acids is 1. The zero-order valence-corrected chi connectivity index (χ0v) is 20.9. The molecule has 0 spiro atoms. The molecule has 1 aromatic heterocycles. The van der Waals surface area contributed by atoms with Crippen LogP contribution in [0.15, 0.2) is 30.3 Å². The fourth-order valence-electron chi connectivity index (χ4n) is 7.37. The third-order valence-corrected chi connectivity index (χ3v) is 8.41. The highest BCUT2D eigenvalue weighted by Gasteiger charge is 2.51. The predicted octanol–water partition coefficient (Wildman–Crippen LogP) is 5.50. The minimum atomic E-state index is 0.169. The Morgan fingerprint density at radius 1 is 1.00 bits per heavy atom. The molecule has 1 aromatic carbocycles. The number of aliphatic hydroxyl groups excluding tert-OH is 1. The van der Waals surface area contributed by atoms with E-state index in [0.29, 0.717) is 6.42 Å². The minimum absolute atomic E-state index is 0.169. The van der Waals surface area contributed by atoms with E-state index in [4.69, 9.17) is 10.1 Å². The summed E-state index contributed by atoms with van der Waals surface area (Å²) in [5.41, 5.74) is 2.03. The smallest absolute Gasteiger partial charge is 0.224 e. The fraction of sp³-hybridized carbons (Fsp3) is 0.621. The van der Waals surface area contributed by atoms with Crippen LogP contribution in [0.1, 0.15) is 70.6 Å². The van der Waals surface area contributed by atoms with Gasteiger partial charge in [0.05, 0.1) is 11.2 Å². The number of hydrogen-bond acceptors (Lipinski definition) is 5. The number of pyridine rings is 1. The lowest BCUT2D eigenvalue weighted by molar-refractivity contribution is -0.124. The Kier molecular flexibility index (Phi) is 7.88. The quantitative estimate of drug-likeness (QED) is 0.286. The number of benzene rings is 1. The second kappa shape index (κ2) is 11.3. The topological polar surface area (TPSA) is 86.3 Å². The molecule has 189 valence electrons. The third-order valence-electron chi connectivity index (χ3n) is 8.41. The summed E-state index contributed by atoms with van der Waals surface area (Å²) in [6.45, 7) is 4.12. The number of amides is 1. The summed E-state index contributed by atoms with van der Waals surface area (Å²) >= 11 is 0. The van der Waals surface area contributed by atoms with Gasteiger partial charge in [-0.15, -0.1) is 0 Å². The molecular formula is C29H41N4O2. The number of nitrogens with one attached hydrogen (secondary N) is 3. The van der Waals surface area contributed by atoms with Gasteiger partial charge in [-0.3, -0.25) is 4.79 Å². The number of aliphatic hydroxyl groups is 1. The minimum Gasteiger partial charge on any atom is -0.396 e. The van der Waals surface area contributed by atoms with Crippen molar-refractivity contribution in [3.05, 3.63) is 36.9 Å². The summed E-state index contributed by atoms with van der Waals surface area (Å²) in [5, 5.41) is 19.8. The van der Waals surface area contributed by atoms with E-state index in [1.54, 1.807) is 0 Å². The van der Waals surface area contributed by atoms with Crippen molar-refractivity contribution in [2.75, 3.05) is 30.3 Å². The first kappa shape index (κ1) is 24.5. The molecule has 35 heavy (non-hydrogen) atoms. The Balaban J connectivity index is 1.11. The summed E-state index contributed by atoms with van der Waals surface area (Å²) in [7, 11) is 0. The monoisotopic (exact) mass is 477 g/mol. The largest absolute Gasteiger partial charge is 0.396 e. The van der Waals surface area contributed by atoms with Crippen LogP contribution in [0, 0.1) is 29.7 Å². The van der Waals surface area contributed by atoms with Gasteiger partial charge in [-0.05, 0) is 118 Å². The van der Waals surface area contributed by atoms with Gasteiger partial charge in [-0.2, -0.15) is 0 Å². The van der Waals surface area contributed by atoms with Crippen LogP contribution in [0.25, 0.3) is 10.9 Å². The van der Waals surface area contributed by atoms with Crippen molar-refractivity contribution in [3.8, 4) is 0 Å². The van der Waals surface area contributed by atoms with Crippen molar-refractivity contribution in [2.24, 2.45) is 23.2 Å². The molecule has 0 saturated heterocycles. The summed E-state index contributed by atoms with van der Waals surface area (Å²) in [4.78, 5) is 17.9. The first-order chi connectivity index (χ1) is 17.1. The van der Waals surface area contributed by atoms with Crippen molar-refractivity contribution in [1.29, 1.82) is 0 Å². The summed E-state index contributed by atoms with van der Waals surface area (Å²) in [6.07, 6.45) is 12.5. The SMILES string of the molecule is O=C(CC12CC3CC(CC(C3)C1)C2)Nc1cccc2nc(NCCCN[CH]CCCCO)ccc12. The van der Waals surface area contributed by atoms with E-state index in [2.05, 4.69) is 28.6 Å². The maximum atomic E-state index is 13.1. The highest BCUT2D eigenvalue weighted by Crippen LogP contribution is 2.61. The van der Waals surface area contributed by atoms with E-state index in [9.17, 15) is 4.79 Å². The van der Waals surface area contributed by atoms with E-state index >= 15 is 0 Å². The van der Waals surface area contributed by atoms with Gasteiger partial charge >= 0.3 is 0 Å². The normalized spacial score (nSPS) is 26.8. The molecule has 1 radical (unpaired) electrons. The van der Waals surface area contributed by atoms with Crippen molar-refractivity contribution in [1.82, 2.24) is 10.3 Å². The molecule has 1 amide bonds. The number of rotatable bonds is 13. The zero-order chi connectivity index (χ0) is 24.1. The summed E-state index contributed by atoms with van der Waals surface area (Å²) < 4.78 is 0.